The van der Waals surface area contributed by atoms with Gasteiger partial charge in [-0.3, -0.25) is 9.69 Å². The van der Waals surface area contributed by atoms with Crippen molar-refractivity contribution in [3.63, 3.8) is 0 Å². The van der Waals surface area contributed by atoms with E-state index in [0.717, 1.165) is 90.1 Å². The molecule has 1 aliphatic heterocycles. The van der Waals surface area contributed by atoms with Gasteiger partial charge in [-0.2, -0.15) is 22.0 Å². The molecule has 2 saturated carbocycles. The summed E-state index contributed by atoms with van der Waals surface area (Å²) in [7, 11) is 0. The Morgan fingerprint density at radius 1 is 1.00 bits per heavy atom. The van der Waals surface area contributed by atoms with Gasteiger partial charge in [0.2, 0.25) is 0 Å². The standard InChI is InChI=1S/C39H58F5NO5S/c1-37-18-15-32-31-12-11-30(50-35(47)16-19-45-20-22-49-23-21-45)27-29(31)26-28(36(32)33(37)13-14-34(37)46)10-7-5-3-2-4-6-8-24-51(48)25-9-17-38(40,41)39(42,43)44/h11-12,27-28,32-34,36,46H,2-10,13-26H2,1H3/t28-,32-,33+,34+,36-,37+,51?/m1/s1. The van der Waals surface area contributed by atoms with Crippen LogP contribution >= 0.6 is 0 Å². The monoisotopic (exact) mass is 747 g/mol. The lowest BCUT2D eigenvalue weighted by Gasteiger charge is -2.53. The second-order valence-corrected chi connectivity index (χ2v) is 17.5. The van der Waals surface area contributed by atoms with Gasteiger partial charge in [-0.05, 0) is 110 Å². The number of ether oxygens (including phenoxy) is 2. The van der Waals surface area contributed by atoms with E-state index in [4.69, 9.17) is 9.47 Å². The summed E-state index contributed by atoms with van der Waals surface area (Å²) >= 11 is -1.37. The molecule has 1 unspecified atom stereocenters. The van der Waals surface area contributed by atoms with Crippen molar-refractivity contribution in [2.45, 2.75) is 134 Å². The van der Waals surface area contributed by atoms with Gasteiger partial charge >= 0.3 is 18.1 Å². The molecular weight excluding hydrogens is 689 g/mol. The summed E-state index contributed by atoms with van der Waals surface area (Å²) in [5.74, 6) is -2.07. The van der Waals surface area contributed by atoms with Gasteiger partial charge in [0.05, 0.1) is 25.7 Å². The zero-order valence-electron chi connectivity index (χ0n) is 30.2. The number of unbranched alkanes of at least 4 members (excludes halogenated alkanes) is 6. The molecule has 1 saturated heterocycles. The normalized spacial score (nSPS) is 28.9. The zero-order chi connectivity index (χ0) is 36.6. The van der Waals surface area contributed by atoms with Gasteiger partial charge in [0.1, 0.15) is 17.3 Å². The number of benzene rings is 1. The minimum Gasteiger partial charge on any atom is -0.616 e. The largest absolute Gasteiger partial charge is 0.616 e. The van der Waals surface area contributed by atoms with Crippen LogP contribution in [-0.4, -0.2) is 83.1 Å². The molecule has 0 bridgehead atoms. The number of carbonyl (C=O) groups excluding carboxylic acids is 1. The van der Waals surface area contributed by atoms with Crippen molar-refractivity contribution in [3.05, 3.63) is 29.3 Å². The third-order valence-electron chi connectivity index (χ3n) is 12.5. The molecule has 4 aliphatic rings. The molecule has 51 heavy (non-hydrogen) atoms. The van der Waals surface area contributed by atoms with Crippen LogP contribution in [0, 0.1) is 23.2 Å². The summed E-state index contributed by atoms with van der Waals surface area (Å²) in [6.45, 7) is 6.06. The molecule has 1 heterocycles. The average molecular weight is 748 g/mol. The van der Waals surface area contributed by atoms with E-state index in [1.165, 1.54) is 11.1 Å². The Kier molecular flexibility index (Phi) is 14.6. The van der Waals surface area contributed by atoms with E-state index in [-0.39, 0.29) is 23.2 Å². The van der Waals surface area contributed by atoms with Crippen LogP contribution in [0.1, 0.15) is 120 Å². The highest BCUT2D eigenvalue weighted by Gasteiger charge is 2.57. The number of morpholine rings is 1. The van der Waals surface area contributed by atoms with Crippen LogP contribution in [0.25, 0.3) is 0 Å². The predicted octanol–water partition coefficient (Wildman–Crippen LogP) is 8.60. The fourth-order valence-electron chi connectivity index (χ4n) is 9.59. The Balaban J connectivity index is 1.06. The van der Waals surface area contributed by atoms with Gasteiger partial charge in [0.15, 0.2) is 0 Å². The first kappa shape index (κ1) is 40.7. The summed E-state index contributed by atoms with van der Waals surface area (Å²) in [4.78, 5) is 15.0. The summed E-state index contributed by atoms with van der Waals surface area (Å²) < 4.78 is 86.3. The van der Waals surface area contributed by atoms with Crippen LogP contribution in [0.5, 0.6) is 5.75 Å². The number of nitrogens with zero attached hydrogens (tertiary/aromatic N) is 1. The second-order valence-electron chi connectivity index (χ2n) is 15.8. The molecule has 0 radical (unpaired) electrons. The number of hydrogen-bond acceptors (Lipinski definition) is 6. The molecule has 6 nitrogen and oxygen atoms in total. The van der Waals surface area contributed by atoms with E-state index in [1.807, 2.05) is 6.07 Å². The zero-order valence-corrected chi connectivity index (χ0v) is 31.0. The number of rotatable bonds is 18. The molecule has 3 aliphatic carbocycles. The van der Waals surface area contributed by atoms with Crippen LogP contribution in [0.3, 0.4) is 0 Å². The van der Waals surface area contributed by atoms with Crippen molar-refractivity contribution in [1.82, 2.24) is 4.90 Å². The third-order valence-corrected chi connectivity index (χ3v) is 14.0. The van der Waals surface area contributed by atoms with Crippen molar-refractivity contribution < 1.29 is 45.9 Å². The lowest BCUT2D eigenvalue weighted by atomic mass is 9.52. The smallest absolute Gasteiger partial charge is 0.453 e. The van der Waals surface area contributed by atoms with Crippen LogP contribution in [-0.2, 0) is 27.1 Å². The van der Waals surface area contributed by atoms with Gasteiger partial charge in [0, 0.05) is 26.1 Å². The Morgan fingerprint density at radius 2 is 1.69 bits per heavy atom. The molecule has 0 amide bonds. The summed E-state index contributed by atoms with van der Waals surface area (Å²) in [6, 6.07) is 6.27. The van der Waals surface area contributed by atoms with Gasteiger partial charge in [-0.1, -0.05) is 56.3 Å². The molecule has 1 N–H and O–H groups in total. The number of alkyl halides is 5. The third kappa shape index (κ3) is 10.6. The maximum absolute atomic E-state index is 13.0. The van der Waals surface area contributed by atoms with Crippen molar-refractivity contribution in [2.24, 2.45) is 23.2 Å². The molecule has 0 spiro atoms. The maximum atomic E-state index is 13.0. The van der Waals surface area contributed by atoms with Crippen molar-refractivity contribution in [2.75, 3.05) is 44.4 Å². The molecule has 1 aromatic rings. The van der Waals surface area contributed by atoms with Crippen LogP contribution < -0.4 is 4.74 Å². The number of aliphatic hydroxyl groups excluding tert-OH is 1. The van der Waals surface area contributed by atoms with E-state index in [9.17, 15) is 36.4 Å². The average Bonchev–Trinajstić information content (AvgIpc) is 3.39. The molecular formula is C39H58F5NO5S. The number of aliphatic hydroxyl groups is 1. The molecule has 3 fully saturated rings. The Morgan fingerprint density at radius 3 is 2.41 bits per heavy atom. The molecule has 5 rings (SSSR count). The Bertz CT molecular complexity index is 1260. The Labute approximate surface area is 303 Å². The summed E-state index contributed by atoms with van der Waals surface area (Å²) in [6.07, 6.45) is 5.92. The minimum absolute atomic E-state index is 0.0231. The number of carbonyl (C=O) groups is 1. The number of fused-ring (bicyclic) bond motifs is 5. The second kappa shape index (κ2) is 18.2. The van der Waals surface area contributed by atoms with E-state index in [2.05, 4.69) is 24.0 Å². The fraction of sp³-hybridized carbons (Fsp3) is 0.821. The Hall–Kier alpha value is -1.47. The van der Waals surface area contributed by atoms with Gasteiger partial charge in [-0.15, -0.1) is 0 Å². The van der Waals surface area contributed by atoms with Crippen LogP contribution in [0.4, 0.5) is 22.0 Å². The highest BCUT2D eigenvalue weighted by atomic mass is 32.2. The van der Waals surface area contributed by atoms with E-state index >= 15 is 0 Å². The number of hydrogen-bond donors (Lipinski definition) is 1. The lowest BCUT2D eigenvalue weighted by molar-refractivity contribution is -0.284. The predicted molar refractivity (Wildman–Crippen MR) is 188 cm³/mol. The lowest BCUT2D eigenvalue weighted by Crippen LogP contribution is -2.47. The van der Waals surface area contributed by atoms with Crippen LogP contribution in [0.15, 0.2) is 18.2 Å². The molecule has 12 heteroatoms. The first-order valence-corrected chi connectivity index (χ1v) is 20.9. The number of esters is 1. The fourth-order valence-corrected chi connectivity index (χ4v) is 10.8. The molecule has 290 valence electrons. The van der Waals surface area contributed by atoms with Gasteiger partial charge < -0.3 is 19.1 Å². The van der Waals surface area contributed by atoms with Gasteiger partial charge in [-0.25, -0.2) is 0 Å². The molecule has 1 aromatic carbocycles. The first-order valence-electron chi connectivity index (χ1n) is 19.4. The minimum atomic E-state index is -5.55. The van der Waals surface area contributed by atoms with E-state index in [0.29, 0.717) is 67.8 Å². The van der Waals surface area contributed by atoms with Crippen molar-refractivity contribution in [1.29, 1.82) is 0 Å². The van der Waals surface area contributed by atoms with Crippen LogP contribution in [0.2, 0.25) is 0 Å². The van der Waals surface area contributed by atoms with Crippen molar-refractivity contribution >= 4 is 17.1 Å². The molecule has 0 aromatic heterocycles. The van der Waals surface area contributed by atoms with E-state index in [1.54, 1.807) is 0 Å². The maximum Gasteiger partial charge on any atom is 0.453 e. The van der Waals surface area contributed by atoms with Gasteiger partial charge in [0.25, 0.3) is 0 Å². The SMILES string of the molecule is C[C@]12CC[C@@H]3c4ccc(OC(=O)CCN5CCOCC5)cc4C[C@@H](CCCCCCCCC[S+]([O-])CCCC(F)(F)C(F)(F)F)[C@H]3[C@@H]1CC[C@@H]2O. The highest BCUT2D eigenvalue weighted by molar-refractivity contribution is 7.91. The first-order chi connectivity index (χ1) is 24.3. The molecule has 7 atom stereocenters. The highest BCUT2D eigenvalue weighted by Crippen LogP contribution is 2.62. The quantitative estimate of drug-likeness (QED) is 0.0533. The summed E-state index contributed by atoms with van der Waals surface area (Å²) in [5.41, 5.74) is 2.67. The topological polar surface area (TPSA) is 82.1 Å². The van der Waals surface area contributed by atoms with E-state index < -0.39 is 36.1 Å². The number of halogens is 5. The van der Waals surface area contributed by atoms with Crippen molar-refractivity contribution in [3.8, 4) is 5.75 Å². The summed E-state index contributed by atoms with van der Waals surface area (Å²) in [5, 5.41) is 11.0.